The molecule has 1 heterocycles. The molecule has 6 nitrogen and oxygen atoms in total. The van der Waals surface area contributed by atoms with E-state index in [1.807, 2.05) is 0 Å². The van der Waals surface area contributed by atoms with E-state index in [9.17, 15) is 4.79 Å². The van der Waals surface area contributed by atoms with Crippen LogP contribution in [0, 0.1) is 0 Å². The topological polar surface area (TPSA) is 97.5 Å². The molecule has 0 aliphatic carbocycles. The molecule has 0 saturated heterocycles. The summed E-state index contributed by atoms with van der Waals surface area (Å²) in [5.41, 5.74) is 5.46. The van der Waals surface area contributed by atoms with Gasteiger partial charge in [0, 0.05) is 19.9 Å². The van der Waals surface area contributed by atoms with Crippen molar-refractivity contribution >= 4 is 11.7 Å². The normalized spacial score (nSPS) is 12.1. The molecule has 0 radical (unpaired) electrons. The number of rotatable bonds is 7. The number of primary amides is 1. The zero-order chi connectivity index (χ0) is 12.7. The van der Waals surface area contributed by atoms with E-state index in [0.29, 0.717) is 24.4 Å². The highest BCUT2D eigenvalue weighted by Crippen LogP contribution is 2.07. The van der Waals surface area contributed by atoms with Crippen LogP contribution in [0.3, 0.4) is 0 Å². The summed E-state index contributed by atoms with van der Waals surface area (Å²) in [5, 5.41) is 12.2. The van der Waals surface area contributed by atoms with Crippen molar-refractivity contribution in [3.8, 4) is 0 Å². The molecule has 4 N–H and O–H groups in total. The Morgan fingerprint density at radius 3 is 2.88 bits per heavy atom. The highest BCUT2D eigenvalue weighted by molar-refractivity contribution is 5.92. The molecule has 0 aliphatic heterocycles. The number of ether oxygens (including phenoxy) is 1. The SMILES string of the molecule is COCCC(CO)Nc1ccc(C(N)=O)cn1. The van der Waals surface area contributed by atoms with Gasteiger partial charge in [0.2, 0.25) is 5.91 Å². The molecule has 0 saturated carbocycles. The molecule has 0 fully saturated rings. The molecule has 1 aromatic rings. The molecular weight excluding hydrogens is 222 g/mol. The van der Waals surface area contributed by atoms with Gasteiger partial charge in [-0.15, -0.1) is 0 Å². The van der Waals surface area contributed by atoms with Gasteiger partial charge in [-0.1, -0.05) is 0 Å². The van der Waals surface area contributed by atoms with Crippen molar-refractivity contribution < 1.29 is 14.6 Å². The second kappa shape index (κ2) is 6.82. The number of aliphatic hydroxyl groups excluding tert-OH is 1. The number of hydrogen-bond acceptors (Lipinski definition) is 5. The number of methoxy groups -OCH3 is 1. The van der Waals surface area contributed by atoms with Gasteiger partial charge in [-0.25, -0.2) is 4.98 Å². The number of nitrogens with zero attached hydrogens (tertiary/aromatic N) is 1. The zero-order valence-electron chi connectivity index (χ0n) is 9.72. The molecule has 17 heavy (non-hydrogen) atoms. The Morgan fingerprint density at radius 2 is 2.41 bits per heavy atom. The molecule has 1 amide bonds. The van der Waals surface area contributed by atoms with Crippen molar-refractivity contribution in [2.45, 2.75) is 12.5 Å². The first-order valence-electron chi connectivity index (χ1n) is 5.29. The summed E-state index contributed by atoms with van der Waals surface area (Å²) >= 11 is 0. The van der Waals surface area contributed by atoms with Crippen LogP contribution in [-0.2, 0) is 4.74 Å². The number of pyridine rings is 1. The second-order valence-corrected chi connectivity index (χ2v) is 3.60. The van der Waals surface area contributed by atoms with E-state index in [4.69, 9.17) is 15.6 Å². The second-order valence-electron chi connectivity index (χ2n) is 3.60. The van der Waals surface area contributed by atoms with Crippen LogP contribution in [0.25, 0.3) is 0 Å². The van der Waals surface area contributed by atoms with Crippen molar-refractivity contribution in [2.75, 3.05) is 25.6 Å². The van der Waals surface area contributed by atoms with E-state index in [0.717, 1.165) is 0 Å². The minimum absolute atomic E-state index is 0.0113. The summed E-state index contributed by atoms with van der Waals surface area (Å²) in [6.07, 6.45) is 2.07. The minimum Gasteiger partial charge on any atom is -0.394 e. The van der Waals surface area contributed by atoms with Gasteiger partial charge in [0.05, 0.1) is 18.2 Å². The number of nitrogens with one attached hydrogen (secondary N) is 1. The molecule has 1 atom stereocenters. The molecule has 94 valence electrons. The Labute approximate surface area is 99.8 Å². The minimum atomic E-state index is -0.512. The number of anilines is 1. The smallest absolute Gasteiger partial charge is 0.250 e. The van der Waals surface area contributed by atoms with E-state index < -0.39 is 5.91 Å². The number of aromatic nitrogens is 1. The highest BCUT2D eigenvalue weighted by Gasteiger charge is 2.08. The quantitative estimate of drug-likeness (QED) is 0.621. The maximum Gasteiger partial charge on any atom is 0.250 e. The Balaban J connectivity index is 2.57. The number of amides is 1. The van der Waals surface area contributed by atoms with Crippen molar-refractivity contribution in [3.05, 3.63) is 23.9 Å². The number of aliphatic hydroxyl groups is 1. The van der Waals surface area contributed by atoms with E-state index in [-0.39, 0.29) is 12.6 Å². The predicted molar refractivity (Wildman–Crippen MR) is 63.7 cm³/mol. The Morgan fingerprint density at radius 1 is 1.65 bits per heavy atom. The van der Waals surface area contributed by atoms with Crippen LogP contribution in [-0.4, -0.2) is 42.4 Å². The first-order valence-corrected chi connectivity index (χ1v) is 5.29. The van der Waals surface area contributed by atoms with Gasteiger partial charge in [-0.05, 0) is 18.6 Å². The van der Waals surface area contributed by atoms with Crippen molar-refractivity contribution in [2.24, 2.45) is 5.73 Å². The molecule has 0 bridgehead atoms. The van der Waals surface area contributed by atoms with Gasteiger partial charge >= 0.3 is 0 Å². The standard InChI is InChI=1S/C11H17N3O3/c1-17-5-4-9(7-15)14-10-3-2-8(6-13-10)11(12)16/h2-3,6,9,15H,4-5,7H2,1H3,(H2,12,16)(H,13,14). The highest BCUT2D eigenvalue weighted by atomic mass is 16.5. The number of carbonyl (C=O) groups is 1. The third kappa shape index (κ3) is 4.38. The molecule has 1 unspecified atom stereocenters. The number of hydrogen-bond donors (Lipinski definition) is 3. The van der Waals surface area contributed by atoms with E-state index in [1.165, 1.54) is 6.20 Å². The first kappa shape index (κ1) is 13.4. The summed E-state index contributed by atoms with van der Waals surface area (Å²) < 4.78 is 4.93. The van der Waals surface area contributed by atoms with Crippen LogP contribution in [0.4, 0.5) is 5.82 Å². The summed E-state index contributed by atoms with van der Waals surface area (Å²) in [7, 11) is 1.61. The lowest BCUT2D eigenvalue weighted by Crippen LogP contribution is -2.26. The summed E-state index contributed by atoms with van der Waals surface area (Å²) in [4.78, 5) is 14.9. The number of carbonyl (C=O) groups excluding carboxylic acids is 1. The van der Waals surface area contributed by atoms with E-state index in [1.54, 1.807) is 19.2 Å². The Kier molecular flexibility index (Phi) is 5.38. The van der Waals surface area contributed by atoms with Crippen LogP contribution in [0.1, 0.15) is 16.8 Å². The Hall–Kier alpha value is -1.66. The fourth-order valence-electron chi connectivity index (χ4n) is 1.30. The largest absolute Gasteiger partial charge is 0.394 e. The predicted octanol–water partition coefficient (Wildman–Crippen LogP) is -0.0102. The summed E-state index contributed by atoms with van der Waals surface area (Å²) in [6.45, 7) is 0.542. The van der Waals surface area contributed by atoms with Crippen molar-refractivity contribution in [3.63, 3.8) is 0 Å². The number of nitrogens with two attached hydrogens (primary N) is 1. The third-order valence-corrected chi connectivity index (χ3v) is 2.29. The fraction of sp³-hybridized carbons (Fsp3) is 0.455. The maximum absolute atomic E-state index is 10.8. The van der Waals surface area contributed by atoms with Gasteiger partial charge < -0.3 is 20.9 Å². The average Bonchev–Trinajstić information content (AvgIpc) is 2.35. The molecular formula is C11H17N3O3. The van der Waals surface area contributed by atoms with E-state index in [2.05, 4.69) is 10.3 Å². The van der Waals surface area contributed by atoms with E-state index >= 15 is 0 Å². The van der Waals surface area contributed by atoms with Gasteiger partial charge in [0.15, 0.2) is 0 Å². The van der Waals surface area contributed by atoms with Crippen LogP contribution < -0.4 is 11.1 Å². The molecule has 6 heteroatoms. The lowest BCUT2D eigenvalue weighted by molar-refractivity contribution is 0.1000. The fourth-order valence-corrected chi connectivity index (χ4v) is 1.30. The van der Waals surface area contributed by atoms with Crippen LogP contribution in [0.2, 0.25) is 0 Å². The summed E-state index contributed by atoms with van der Waals surface area (Å²) in [6, 6.07) is 3.11. The molecule has 1 aromatic heterocycles. The first-order chi connectivity index (χ1) is 8.17. The van der Waals surface area contributed by atoms with Gasteiger partial charge in [0.1, 0.15) is 5.82 Å². The van der Waals surface area contributed by atoms with Crippen LogP contribution >= 0.6 is 0 Å². The van der Waals surface area contributed by atoms with Crippen LogP contribution in [0.5, 0.6) is 0 Å². The van der Waals surface area contributed by atoms with Crippen molar-refractivity contribution in [1.82, 2.24) is 4.98 Å². The molecule has 0 aromatic carbocycles. The average molecular weight is 239 g/mol. The van der Waals surface area contributed by atoms with Gasteiger partial charge in [0.25, 0.3) is 0 Å². The molecule has 0 aliphatic rings. The zero-order valence-corrected chi connectivity index (χ0v) is 9.72. The van der Waals surface area contributed by atoms with Gasteiger partial charge in [-0.3, -0.25) is 4.79 Å². The maximum atomic E-state index is 10.8. The monoisotopic (exact) mass is 239 g/mol. The lowest BCUT2D eigenvalue weighted by Gasteiger charge is -2.16. The lowest BCUT2D eigenvalue weighted by atomic mass is 10.2. The Bertz CT molecular complexity index is 353. The third-order valence-electron chi connectivity index (χ3n) is 2.29. The van der Waals surface area contributed by atoms with Gasteiger partial charge in [-0.2, -0.15) is 0 Å². The summed E-state index contributed by atoms with van der Waals surface area (Å²) in [5.74, 6) is 0.0762. The van der Waals surface area contributed by atoms with Crippen molar-refractivity contribution in [1.29, 1.82) is 0 Å². The molecule has 1 rings (SSSR count). The molecule has 0 spiro atoms. The van der Waals surface area contributed by atoms with Crippen LogP contribution in [0.15, 0.2) is 18.3 Å².